The van der Waals surface area contributed by atoms with Gasteiger partial charge in [-0.25, -0.2) is 4.99 Å². The van der Waals surface area contributed by atoms with Crippen molar-refractivity contribution in [3.05, 3.63) is 39.9 Å². The lowest BCUT2D eigenvalue weighted by molar-refractivity contribution is -0.384. The van der Waals surface area contributed by atoms with E-state index in [1.807, 2.05) is 25.8 Å². The minimum absolute atomic E-state index is 0.0428. The predicted molar refractivity (Wildman–Crippen MR) is 116 cm³/mol. The quantitative estimate of drug-likeness (QED) is 0.286. The summed E-state index contributed by atoms with van der Waals surface area (Å²) in [6, 6.07) is 6.35. The van der Waals surface area contributed by atoms with Crippen molar-refractivity contribution in [3.8, 4) is 0 Å². The summed E-state index contributed by atoms with van der Waals surface area (Å²) in [4.78, 5) is 31.2. The second-order valence-corrected chi connectivity index (χ2v) is 7.35. The summed E-state index contributed by atoms with van der Waals surface area (Å²) in [5.41, 5.74) is 0.912. The number of nitrogens with one attached hydrogen (secondary N) is 1. The summed E-state index contributed by atoms with van der Waals surface area (Å²) in [6.07, 6.45) is 3.38. The lowest BCUT2D eigenvalue weighted by Crippen LogP contribution is -2.47. The maximum absolute atomic E-state index is 12.5. The molecule has 1 fully saturated rings. The maximum Gasteiger partial charge on any atom is 0.269 e. The van der Waals surface area contributed by atoms with Crippen LogP contribution >= 0.6 is 0 Å². The lowest BCUT2D eigenvalue weighted by atomic mass is 10.1. The molecule has 1 aromatic carbocycles. The van der Waals surface area contributed by atoms with Gasteiger partial charge in [-0.1, -0.05) is 12.1 Å². The van der Waals surface area contributed by atoms with Crippen LogP contribution in [0.1, 0.15) is 38.7 Å². The molecular formula is C21H33N5O4. The van der Waals surface area contributed by atoms with Crippen LogP contribution in [0.5, 0.6) is 0 Å². The van der Waals surface area contributed by atoms with Crippen molar-refractivity contribution in [1.82, 2.24) is 15.1 Å². The Kier molecular flexibility index (Phi) is 9.53. The van der Waals surface area contributed by atoms with Gasteiger partial charge in [-0.15, -0.1) is 0 Å². The van der Waals surface area contributed by atoms with Gasteiger partial charge in [0, 0.05) is 45.4 Å². The first-order valence-corrected chi connectivity index (χ1v) is 10.6. The number of benzene rings is 1. The number of likely N-dealkylation sites (N-methyl/N-ethyl adjacent to an activating group) is 2. The third-order valence-corrected chi connectivity index (χ3v) is 5.17. The average molecular weight is 420 g/mol. The number of rotatable bonds is 9. The van der Waals surface area contributed by atoms with Crippen LogP contribution in [-0.4, -0.2) is 72.5 Å². The Labute approximate surface area is 178 Å². The molecule has 0 saturated carbocycles. The second-order valence-electron chi connectivity index (χ2n) is 7.35. The van der Waals surface area contributed by atoms with Gasteiger partial charge in [0.05, 0.1) is 24.1 Å². The molecule has 166 valence electrons. The highest BCUT2D eigenvalue weighted by Crippen LogP contribution is 2.13. The minimum Gasteiger partial charge on any atom is -0.376 e. The highest BCUT2D eigenvalue weighted by Gasteiger charge is 2.18. The molecule has 30 heavy (non-hydrogen) atoms. The standard InChI is InChI=1S/C21H33N5O4/c1-4-25(5-2)20(27)16-24(3)21(23-15-19-8-6-7-13-30-19)22-14-17-9-11-18(12-10-17)26(28)29/h9-12,19H,4-8,13-16H2,1-3H3,(H,22,23). The van der Waals surface area contributed by atoms with E-state index in [9.17, 15) is 14.9 Å². The summed E-state index contributed by atoms with van der Waals surface area (Å²) in [6.45, 7) is 7.24. The summed E-state index contributed by atoms with van der Waals surface area (Å²) >= 11 is 0. The van der Waals surface area contributed by atoms with E-state index in [1.165, 1.54) is 12.1 Å². The van der Waals surface area contributed by atoms with Gasteiger partial charge >= 0.3 is 0 Å². The number of hydrogen-bond donors (Lipinski definition) is 1. The van der Waals surface area contributed by atoms with Gasteiger partial charge in [0.1, 0.15) is 0 Å². The van der Waals surface area contributed by atoms with E-state index < -0.39 is 4.92 Å². The van der Waals surface area contributed by atoms with E-state index in [0.717, 1.165) is 31.4 Å². The third-order valence-electron chi connectivity index (χ3n) is 5.17. The number of ether oxygens (including phenoxy) is 1. The average Bonchev–Trinajstić information content (AvgIpc) is 2.75. The topological polar surface area (TPSA) is 100 Å². The van der Waals surface area contributed by atoms with Gasteiger partial charge in [-0.3, -0.25) is 14.9 Å². The van der Waals surface area contributed by atoms with E-state index in [0.29, 0.717) is 32.1 Å². The number of hydrogen-bond acceptors (Lipinski definition) is 5. The van der Waals surface area contributed by atoms with Crippen molar-refractivity contribution in [1.29, 1.82) is 0 Å². The van der Waals surface area contributed by atoms with Gasteiger partial charge in [-0.05, 0) is 38.7 Å². The largest absolute Gasteiger partial charge is 0.376 e. The fourth-order valence-electron chi connectivity index (χ4n) is 3.33. The van der Waals surface area contributed by atoms with Crippen molar-refractivity contribution in [2.45, 2.75) is 45.8 Å². The molecule has 1 unspecified atom stereocenters. The number of aliphatic imine (C=N–C) groups is 1. The SMILES string of the molecule is CCN(CC)C(=O)CN(C)C(=NCc1ccc([N+](=O)[O-])cc1)NCC1CCCCO1. The van der Waals surface area contributed by atoms with E-state index in [2.05, 4.69) is 10.3 Å². The summed E-state index contributed by atoms with van der Waals surface area (Å²) < 4.78 is 5.79. The molecule has 9 nitrogen and oxygen atoms in total. The zero-order chi connectivity index (χ0) is 21.9. The van der Waals surface area contributed by atoms with E-state index in [4.69, 9.17) is 4.74 Å². The van der Waals surface area contributed by atoms with Crippen LogP contribution in [0.3, 0.4) is 0 Å². The molecule has 1 heterocycles. The molecule has 2 rings (SSSR count). The number of nitrogens with zero attached hydrogens (tertiary/aromatic N) is 4. The molecule has 1 N–H and O–H groups in total. The molecule has 1 amide bonds. The molecule has 0 aromatic heterocycles. The van der Waals surface area contributed by atoms with Crippen molar-refractivity contribution < 1.29 is 14.5 Å². The number of guanidine groups is 1. The Morgan fingerprint density at radius 1 is 1.27 bits per heavy atom. The van der Waals surface area contributed by atoms with Gasteiger partial charge in [-0.2, -0.15) is 0 Å². The van der Waals surface area contributed by atoms with Crippen LogP contribution in [0.15, 0.2) is 29.3 Å². The first-order valence-electron chi connectivity index (χ1n) is 10.6. The first kappa shape index (κ1) is 23.6. The van der Waals surface area contributed by atoms with E-state index >= 15 is 0 Å². The molecule has 1 aromatic rings. The highest BCUT2D eigenvalue weighted by atomic mass is 16.6. The molecule has 0 spiro atoms. The van der Waals surface area contributed by atoms with E-state index in [1.54, 1.807) is 17.0 Å². The van der Waals surface area contributed by atoms with Crippen LogP contribution in [0, 0.1) is 10.1 Å². The zero-order valence-electron chi connectivity index (χ0n) is 18.2. The number of non-ortho nitro benzene ring substituents is 1. The van der Waals surface area contributed by atoms with Gasteiger partial charge in [0.2, 0.25) is 5.91 Å². The Balaban J connectivity index is 2.06. The van der Waals surface area contributed by atoms with E-state index in [-0.39, 0.29) is 24.2 Å². The Hall–Kier alpha value is -2.68. The third kappa shape index (κ3) is 7.29. The van der Waals surface area contributed by atoms with Crippen molar-refractivity contribution in [2.24, 2.45) is 4.99 Å². The van der Waals surface area contributed by atoms with Crippen LogP contribution in [-0.2, 0) is 16.1 Å². The van der Waals surface area contributed by atoms with Crippen molar-refractivity contribution in [3.63, 3.8) is 0 Å². The smallest absolute Gasteiger partial charge is 0.269 e. The Morgan fingerprint density at radius 2 is 1.97 bits per heavy atom. The zero-order valence-corrected chi connectivity index (χ0v) is 18.2. The molecule has 1 aliphatic rings. The lowest BCUT2D eigenvalue weighted by Gasteiger charge is -2.28. The summed E-state index contributed by atoms with van der Waals surface area (Å²) in [7, 11) is 1.84. The van der Waals surface area contributed by atoms with Gasteiger partial charge in [0.15, 0.2) is 5.96 Å². The van der Waals surface area contributed by atoms with Crippen LogP contribution in [0.2, 0.25) is 0 Å². The molecule has 1 atom stereocenters. The number of carbonyl (C=O) groups is 1. The molecule has 0 bridgehead atoms. The maximum atomic E-state index is 12.5. The second kappa shape index (κ2) is 12.1. The number of carbonyl (C=O) groups excluding carboxylic acids is 1. The van der Waals surface area contributed by atoms with Crippen LogP contribution in [0.4, 0.5) is 5.69 Å². The molecule has 1 aliphatic heterocycles. The highest BCUT2D eigenvalue weighted by molar-refractivity contribution is 5.86. The van der Waals surface area contributed by atoms with Gasteiger partial charge in [0.25, 0.3) is 5.69 Å². The molecular weight excluding hydrogens is 386 g/mol. The van der Waals surface area contributed by atoms with Crippen LogP contribution < -0.4 is 5.32 Å². The Bertz CT molecular complexity index is 713. The van der Waals surface area contributed by atoms with Gasteiger partial charge < -0.3 is 19.9 Å². The molecule has 1 saturated heterocycles. The normalized spacial score (nSPS) is 16.8. The fourth-order valence-corrected chi connectivity index (χ4v) is 3.33. The predicted octanol–water partition coefficient (Wildman–Crippen LogP) is 2.41. The Morgan fingerprint density at radius 3 is 2.53 bits per heavy atom. The van der Waals surface area contributed by atoms with Crippen molar-refractivity contribution >= 4 is 17.6 Å². The molecule has 9 heteroatoms. The summed E-state index contributed by atoms with van der Waals surface area (Å²) in [5, 5.41) is 14.2. The fraction of sp³-hybridized carbons (Fsp3) is 0.619. The number of amides is 1. The number of nitro groups is 1. The first-order chi connectivity index (χ1) is 14.4. The monoisotopic (exact) mass is 419 g/mol. The minimum atomic E-state index is -0.420. The van der Waals surface area contributed by atoms with Crippen molar-refractivity contribution in [2.75, 3.05) is 39.8 Å². The molecule has 0 radical (unpaired) electrons. The molecule has 0 aliphatic carbocycles. The summed E-state index contributed by atoms with van der Waals surface area (Å²) in [5.74, 6) is 0.657. The van der Waals surface area contributed by atoms with Crippen LogP contribution in [0.25, 0.3) is 0 Å². The number of nitro benzene ring substituents is 1.